The molecule has 10 nitrogen and oxygen atoms in total. The number of benzene rings is 1. The highest BCUT2D eigenvalue weighted by Crippen LogP contribution is 2.25. The minimum atomic E-state index is -3.87. The maximum absolute atomic E-state index is 13.0. The summed E-state index contributed by atoms with van der Waals surface area (Å²) in [5.41, 5.74) is 1.80. The van der Waals surface area contributed by atoms with Crippen LogP contribution in [0, 0.1) is 13.8 Å². The summed E-state index contributed by atoms with van der Waals surface area (Å²) in [4.78, 5) is 12.7. The van der Waals surface area contributed by atoms with Crippen LogP contribution in [0.25, 0.3) is 11.3 Å². The minimum Gasteiger partial charge on any atom is -0.497 e. The van der Waals surface area contributed by atoms with Gasteiger partial charge in [-0.05, 0) is 32.0 Å². The van der Waals surface area contributed by atoms with Crippen molar-refractivity contribution in [3.8, 4) is 17.0 Å². The molecule has 3 aromatic rings. The van der Waals surface area contributed by atoms with Gasteiger partial charge in [-0.15, -0.1) is 0 Å². The third kappa shape index (κ3) is 4.11. The number of hydrogen-bond acceptors (Lipinski definition) is 7. The van der Waals surface area contributed by atoms with Crippen LogP contribution in [0.4, 0.5) is 0 Å². The zero-order valence-electron chi connectivity index (χ0n) is 17.3. The Hall–Kier alpha value is -3.02. The van der Waals surface area contributed by atoms with Crippen molar-refractivity contribution >= 4 is 10.0 Å². The van der Waals surface area contributed by atoms with E-state index in [1.54, 1.807) is 27.0 Å². The Labute approximate surface area is 179 Å². The van der Waals surface area contributed by atoms with E-state index in [0.29, 0.717) is 22.8 Å². The number of aryl methyl sites for hydroxylation is 2. The minimum absolute atomic E-state index is 0.101. The molecule has 1 aromatic carbocycles. The largest absolute Gasteiger partial charge is 0.497 e. The highest BCUT2D eigenvalue weighted by Gasteiger charge is 2.36. The maximum Gasteiger partial charge on any atom is 0.267 e. The summed E-state index contributed by atoms with van der Waals surface area (Å²) in [5, 5.41) is 11.1. The fourth-order valence-electron chi connectivity index (χ4n) is 3.69. The van der Waals surface area contributed by atoms with Crippen molar-refractivity contribution in [1.29, 1.82) is 0 Å². The summed E-state index contributed by atoms with van der Waals surface area (Å²) in [6.07, 6.45) is 0. The van der Waals surface area contributed by atoms with E-state index in [9.17, 15) is 13.2 Å². The topological polar surface area (TPSA) is 128 Å². The lowest BCUT2D eigenvalue weighted by Crippen LogP contribution is -2.44. The molecule has 1 aliphatic rings. The lowest BCUT2D eigenvalue weighted by atomic mass is 10.1. The molecule has 0 radical (unpaired) electrons. The lowest BCUT2D eigenvalue weighted by Gasteiger charge is -2.21. The van der Waals surface area contributed by atoms with E-state index in [4.69, 9.17) is 9.47 Å². The van der Waals surface area contributed by atoms with Crippen LogP contribution in [0.5, 0.6) is 5.75 Å². The van der Waals surface area contributed by atoms with Crippen LogP contribution in [0.1, 0.15) is 17.4 Å². The molecule has 1 saturated heterocycles. The molecular formula is C20H23N5O5S. The summed E-state index contributed by atoms with van der Waals surface area (Å²) in [5.74, 6) is 0.665. The van der Waals surface area contributed by atoms with Gasteiger partial charge in [-0.2, -0.15) is 10.2 Å². The van der Waals surface area contributed by atoms with E-state index in [1.165, 1.54) is 10.7 Å². The first-order valence-electron chi connectivity index (χ1n) is 9.66. The van der Waals surface area contributed by atoms with E-state index < -0.39 is 22.1 Å². The van der Waals surface area contributed by atoms with Crippen molar-refractivity contribution in [1.82, 2.24) is 24.7 Å². The Kier molecular flexibility index (Phi) is 5.65. The number of aromatic amines is 1. The summed E-state index contributed by atoms with van der Waals surface area (Å²) >= 11 is 0. The van der Waals surface area contributed by atoms with E-state index in [2.05, 4.69) is 20.0 Å². The van der Waals surface area contributed by atoms with Crippen LogP contribution < -0.4 is 15.0 Å². The molecule has 2 N–H and O–H groups in total. The SMILES string of the molecule is COc1cccc(-c2ccc(=O)n(C3COCC3NS(=O)(=O)c3c(C)n[nH]c3C)n2)c1. The fourth-order valence-corrected chi connectivity index (χ4v) is 5.32. The van der Waals surface area contributed by atoms with Gasteiger partial charge in [-0.3, -0.25) is 9.89 Å². The van der Waals surface area contributed by atoms with Gasteiger partial charge in [0, 0.05) is 11.6 Å². The maximum atomic E-state index is 13.0. The predicted octanol–water partition coefficient (Wildman–Crippen LogP) is 1.18. The van der Waals surface area contributed by atoms with E-state index >= 15 is 0 Å². The molecular weight excluding hydrogens is 422 g/mol. The molecule has 164 valence electrons. The van der Waals surface area contributed by atoms with Gasteiger partial charge in [0.15, 0.2) is 0 Å². The first kappa shape index (κ1) is 21.2. The van der Waals surface area contributed by atoms with Gasteiger partial charge in [-0.1, -0.05) is 12.1 Å². The highest BCUT2D eigenvalue weighted by atomic mass is 32.2. The average molecular weight is 446 g/mol. The van der Waals surface area contributed by atoms with E-state index in [0.717, 1.165) is 5.56 Å². The van der Waals surface area contributed by atoms with Gasteiger partial charge >= 0.3 is 0 Å². The number of methoxy groups -OCH3 is 1. The van der Waals surface area contributed by atoms with E-state index in [1.807, 2.05) is 24.3 Å². The van der Waals surface area contributed by atoms with Crippen molar-refractivity contribution in [3.63, 3.8) is 0 Å². The normalized spacial score (nSPS) is 18.9. The van der Waals surface area contributed by atoms with Crippen LogP contribution in [-0.2, 0) is 14.8 Å². The quantitative estimate of drug-likeness (QED) is 0.583. The Bertz CT molecular complexity index is 1250. The Morgan fingerprint density at radius 3 is 2.74 bits per heavy atom. The van der Waals surface area contributed by atoms with Crippen molar-refractivity contribution in [2.75, 3.05) is 20.3 Å². The first-order chi connectivity index (χ1) is 14.8. The second kappa shape index (κ2) is 8.25. The van der Waals surface area contributed by atoms with Gasteiger partial charge in [0.1, 0.15) is 10.6 Å². The Morgan fingerprint density at radius 2 is 2.03 bits per heavy atom. The van der Waals surface area contributed by atoms with Crippen LogP contribution in [-0.4, -0.2) is 54.8 Å². The molecule has 2 unspecified atom stereocenters. The molecule has 1 fully saturated rings. The number of H-pyrrole nitrogens is 1. The van der Waals surface area contributed by atoms with Crippen LogP contribution in [0.15, 0.2) is 46.1 Å². The average Bonchev–Trinajstić information content (AvgIpc) is 3.34. The standard InChI is InChI=1S/C20H23N5O5S/c1-12-20(13(2)22-21-12)31(27,28)24-17-10-30-11-18(17)25-19(26)8-7-16(23-25)14-5-4-6-15(9-14)29-3/h4-9,17-18,24H,10-11H2,1-3H3,(H,21,22). The number of nitrogens with zero attached hydrogens (tertiary/aromatic N) is 3. The van der Waals surface area contributed by atoms with Crippen molar-refractivity contribution in [3.05, 3.63) is 58.1 Å². The number of aromatic nitrogens is 4. The van der Waals surface area contributed by atoms with Crippen LogP contribution in [0.2, 0.25) is 0 Å². The predicted molar refractivity (Wildman–Crippen MR) is 113 cm³/mol. The third-order valence-electron chi connectivity index (χ3n) is 5.19. The molecule has 11 heteroatoms. The molecule has 0 spiro atoms. The summed E-state index contributed by atoms with van der Waals surface area (Å²) in [7, 11) is -2.30. The molecule has 0 saturated carbocycles. The molecule has 2 aromatic heterocycles. The number of ether oxygens (including phenoxy) is 2. The van der Waals surface area contributed by atoms with Crippen molar-refractivity contribution in [2.24, 2.45) is 0 Å². The van der Waals surface area contributed by atoms with Crippen molar-refractivity contribution < 1.29 is 17.9 Å². The first-order valence-corrected chi connectivity index (χ1v) is 11.1. The number of sulfonamides is 1. The second-order valence-electron chi connectivity index (χ2n) is 7.33. The smallest absolute Gasteiger partial charge is 0.267 e. The molecule has 2 atom stereocenters. The molecule has 1 aliphatic heterocycles. The monoisotopic (exact) mass is 445 g/mol. The number of nitrogens with one attached hydrogen (secondary N) is 2. The fraction of sp³-hybridized carbons (Fsp3) is 0.350. The molecule has 3 heterocycles. The third-order valence-corrected chi connectivity index (χ3v) is 6.94. The highest BCUT2D eigenvalue weighted by molar-refractivity contribution is 7.89. The summed E-state index contributed by atoms with van der Waals surface area (Å²) < 4.78 is 40.6. The number of rotatable bonds is 6. The molecule has 0 aliphatic carbocycles. The zero-order valence-corrected chi connectivity index (χ0v) is 18.1. The molecule has 31 heavy (non-hydrogen) atoms. The summed E-state index contributed by atoms with van der Waals surface area (Å²) in [6.45, 7) is 3.54. The van der Waals surface area contributed by atoms with Gasteiger partial charge in [-0.25, -0.2) is 17.8 Å². The molecule has 0 bridgehead atoms. The van der Waals surface area contributed by atoms with Gasteiger partial charge in [0.25, 0.3) is 5.56 Å². The second-order valence-corrected chi connectivity index (χ2v) is 8.98. The molecule has 4 rings (SSSR count). The summed E-state index contributed by atoms with van der Waals surface area (Å²) in [6, 6.07) is 9.09. The van der Waals surface area contributed by atoms with Gasteiger partial charge in [0.2, 0.25) is 10.0 Å². The number of hydrogen-bond donors (Lipinski definition) is 2. The zero-order chi connectivity index (χ0) is 22.2. The van der Waals surface area contributed by atoms with Gasteiger partial charge < -0.3 is 9.47 Å². The van der Waals surface area contributed by atoms with Crippen LogP contribution in [0.3, 0.4) is 0 Å². The lowest BCUT2D eigenvalue weighted by molar-refractivity contribution is 0.182. The van der Waals surface area contributed by atoms with Gasteiger partial charge in [0.05, 0.1) is 49.5 Å². The Morgan fingerprint density at radius 1 is 1.23 bits per heavy atom. The van der Waals surface area contributed by atoms with Crippen molar-refractivity contribution in [2.45, 2.75) is 30.8 Å². The molecule has 0 amide bonds. The Balaban J connectivity index is 1.66. The van der Waals surface area contributed by atoms with E-state index in [-0.39, 0.29) is 23.7 Å². The van der Waals surface area contributed by atoms with Crippen LogP contribution >= 0.6 is 0 Å².